The van der Waals surface area contributed by atoms with Crippen LogP contribution in [0.1, 0.15) is 60.8 Å². The fourth-order valence-electron chi connectivity index (χ4n) is 1.86. The molecular formula is C19H30O10Zr. The van der Waals surface area contributed by atoms with Gasteiger partial charge in [-0.3, -0.25) is 14.4 Å². The van der Waals surface area contributed by atoms with E-state index in [1.165, 1.54) is 20.8 Å². The van der Waals surface area contributed by atoms with Gasteiger partial charge < -0.3 is 34.8 Å². The van der Waals surface area contributed by atoms with Gasteiger partial charge in [0, 0.05) is 0 Å². The molecule has 11 heteroatoms. The fraction of sp³-hybridized carbons (Fsp3) is 0.684. The van der Waals surface area contributed by atoms with Crippen LogP contribution in [0.2, 0.25) is 0 Å². The molecule has 0 saturated carbocycles. The Morgan fingerprint density at radius 2 is 0.667 bits per heavy atom. The Morgan fingerprint density at radius 3 is 0.667 bits per heavy atom. The number of hydrogen-bond acceptors (Lipinski definition) is 10. The second-order valence-corrected chi connectivity index (χ2v) is 5.67. The van der Waals surface area contributed by atoms with Crippen LogP contribution in [0.15, 0.2) is 0 Å². The number of rotatable bonds is 9. The van der Waals surface area contributed by atoms with E-state index in [-0.39, 0.29) is 43.6 Å². The molecule has 0 N–H and O–H groups in total. The Kier molecular flexibility index (Phi) is 30.5. The Hall–Kier alpha value is -1.74. The summed E-state index contributed by atoms with van der Waals surface area (Å²) >= 11 is 0. The zero-order valence-electron chi connectivity index (χ0n) is 18.4. The third-order valence-electron chi connectivity index (χ3n) is 3.55. The van der Waals surface area contributed by atoms with Crippen molar-refractivity contribution in [3.05, 3.63) is 0 Å². The molecule has 0 aliphatic rings. The third-order valence-corrected chi connectivity index (χ3v) is 3.55. The maximum absolute atomic E-state index is 10.4. The van der Waals surface area contributed by atoms with Crippen LogP contribution in [0.3, 0.4) is 0 Å². The van der Waals surface area contributed by atoms with E-state index in [0.717, 1.165) is 7.11 Å². The number of Topliss-reactive ketones (excluding diaryl/α,β-unsaturated/α-hetero) is 3. The van der Waals surface area contributed by atoms with Gasteiger partial charge in [0.1, 0.15) is 17.3 Å². The van der Waals surface area contributed by atoms with E-state index >= 15 is 0 Å². The normalized spacial score (nSPS) is 11.6. The molecule has 0 radical (unpaired) electrons. The van der Waals surface area contributed by atoms with Gasteiger partial charge in [-0.15, -0.1) is 0 Å². The quantitative estimate of drug-likeness (QED) is 0.289. The van der Waals surface area contributed by atoms with Crippen LogP contribution in [0.25, 0.3) is 0 Å². The first-order valence-electron chi connectivity index (χ1n) is 8.82. The largest absolute Gasteiger partial charge is 4.00 e. The predicted octanol–water partition coefficient (Wildman–Crippen LogP) is -2.97. The van der Waals surface area contributed by atoms with E-state index in [1.54, 1.807) is 20.8 Å². The van der Waals surface area contributed by atoms with Crippen LogP contribution >= 0.6 is 0 Å². The summed E-state index contributed by atoms with van der Waals surface area (Å²) in [7, 11) is 0.750. The Morgan fingerprint density at radius 1 is 0.533 bits per heavy atom. The molecule has 0 heterocycles. The smallest absolute Gasteiger partial charge is 0.857 e. The van der Waals surface area contributed by atoms with Gasteiger partial charge in [-0.05, 0) is 40.0 Å². The molecule has 3 unspecified atom stereocenters. The molecule has 0 spiro atoms. The summed E-state index contributed by atoms with van der Waals surface area (Å²) in [6.07, 6.45) is 0.951. The van der Waals surface area contributed by atoms with Crippen LogP contribution in [0, 0.1) is 17.8 Å². The first-order valence-corrected chi connectivity index (χ1v) is 8.82. The minimum Gasteiger partial charge on any atom is -0.857 e. The number of carboxylic acid groups (broad SMARTS) is 3. The second kappa shape index (κ2) is 23.5. The van der Waals surface area contributed by atoms with E-state index in [9.17, 15) is 44.1 Å². The maximum atomic E-state index is 10.4. The van der Waals surface area contributed by atoms with E-state index in [4.69, 9.17) is 5.11 Å². The Balaban J connectivity index is -0.0000000982. The zero-order valence-corrected chi connectivity index (χ0v) is 20.9. The zero-order chi connectivity index (χ0) is 24.3. The molecule has 0 fully saturated rings. The van der Waals surface area contributed by atoms with Crippen molar-refractivity contribution in [1.82, 2.24) is 0 Å². The summed E-state index contributed by atoms with van der Waals surface area (Å²) < 4.78 is 0. The first-order chi connectivity index (χ1) is 13.3. The van der Waals surface area contributed by atoms with Gasteiger partial charge in [-0.2, -0.15) is 7.11 Å². The molecule has 170 valence electrons. The summed E-state index contributed by atoms with van der Waals surface area (Å²) in [5.41, 5.74) is 0. The van der Waals surface area contributed by atoms with Gasteiger partial charge in [0.15, 0.2) is 0 Å². The molecule has 3 atom stereocenters. The van der Waals surface area contributed by atoms with Crippen molar-refractivity contribution in [2.24, 2.45) is 17.8 Å². The second-order valence-electron chi connectivity index (χ2n) is 5.67. The predicted molar refractivity (Wildman–Crippen MR) is 94.3 cm³/mol. The maximum Gasteiger partial charge on any atom is 4.00 e. The molecule has 0 aromatic heterocycles. The number of carboxylic acids is 3. The van der Waals surface area contributed by atoms with E-state index < -0.39 is 35.7 Å². The average Bonchev–Trinajstić information content (AvgIpc) is 2.57. The van der Waals surface area contributed by atoms with Crippen molar-refractivity contribution in [3.63, 3.8) is 0 Å². The Bertz CT molecular complexity index is 427. The van der Waals surface area contributed by atoms with Crippen molar-refractivity contribution in [2.75, 3.05) is 7.11 Å². The van der Waals surface area contributed by atoms with Gasteiger partial charge in [0.05, 0.1) is 35.7 Å². The van der Waals surface area contributed by atoms with Crippen LogP contribution in [-0.2, 0) is 55.0 Å². The first kappa shape index (κ1) is 38.8. The van der Waals surface area contributed by atoms with E-state index in [1.807, 2.05) is 0 Å². The average molecular weight is 510 g/mol. The van der Waals surface area contributed by atoms with Gasteiger partial charge in [-0.25, -0.2) is 0 Å². The third kappa shape index (κ3) is 21.0. The van der Waals surface area contributed by atoms with Crippen molar-refractivity contribution in [3.8, 4) is 0 Å². The van der Waals surface area contributed by atoms with E-state index in [0.29, 0.717) is 19.3 Å². The summed E-state index contributed by atoms with van der Waals surface area (Å²) in [6.45, 7) is 8.68. The van der Waals surface area contributed by atoms with Gasteiger partial charge in [0.2, 0.25) is 0 Å². The fourth-order valence-corrected chi connectivity index (χ4v) is 1.86. The minimum atomic E-state index is -1.27. The van der Waals surface area contributed by atoms with Crippen molar-refractivity contribution in [2.45, 2.75) is 60.8 Å². The molecule has 0 amide bonds. The number of carbonyl (C=O) groups excluding carboxylic acids is 6. The molecule has 0 aromatic carbocycles. The molecule has 0 aliphatic carbocycles. The molecule has 0 aliphatic heterocycles. The standard InChI is InChI=1S/3C6H10O3.CH3O.Zr/c3*1-3-5(4(2)7)6(8)9;1-2;/h3*5H,3H2,1-2H3,(H,8,9);1H3;/q;;;-1;+4/p-3. The molecule has 0 bridgehead atoms. The number of ketones is 3. The van der Waals surface area contributed by atoms with Crippen LogP contribution in [0.4, 0.5) is 0 Å². The monoisotopic (exact) mass is 508 g/mol. The van der Waals surface area contributed by atoms with Crippen LogP contribution in [-0.4, -0.2) is 42.4 Å². The molecule has 10 nitrogen and oxygen atoms in total. The van der Waals surface area contributed by atoms with Crippen molar-refractivity contribution < 1.29 is 75.4 Å². The van der Waals surface area contributed by atoms with Gasteiger partial charge >= 0.3 is 26.2 Å². The van der Waals surface area contributed by atoms with Gasteiger partial charge in [-0.1, -0.05) is 20.8 Å². The van der Waals surface area contributed by atoms with Crippen LogP contribution < -0.4 is 20.4 Å². The molecule has 0 aromatic rings. The summed E-state index contributed by atoms with van der Waals surface area (Å²) in [5, 5.41) is 38.4. The number of hydrogen-bond donors (Lipinski definition) is 0. The number of aliphatic carboxylic acids is 3. The van der Waals surface area contributed by atoms with Crippen molar-refractivity contribution >= 4 is 35.3 Å². The number of carbonyl (C=O) groups is 6. The molecule has 0 saturated heterocycles. The molecule has 0 rings (SSSR count). The summed E-state index contributed by atoms with van der Waals surface area (Å²) in [6, 6.07) is 0. The van der Waals surface area contributed by atoms with E-state index in [2.05, 4.69) is 0 Å². The molecular weight excluding hydrogens is 479 g/mol. The van der Waals surface area contributed by atoms with Crippen LogP contribution in [0.5, 0.6) is 0 Å². The topological polar surface area (TPSA) is 195 Å². The summed E-state index contributed by atoms with van der Waals surface area (Å²) in [4.78, 5) is 61.3. The SMILES string of the molecule is CCC(C(C)=O)C(=O)[O-].CCC(C(C)=O)C(=O)[O-].CCC(C(C)=O)C(=O)[O-].C[O-].[Zr+4]. The summed E-state index contributed by atoms with van der Waals surface area (Å²) in [5.74, 6) is -7.56. The van der Waals surface area contributed by atoms with Crippen molar-refractivity contribution in [1.29, 1.82) is 0 Å². The Labute approximate surface area is 196 Å². The minimum absolute atomic E-state index is 0. The van der Waals surface area contributed by atoms with Gasteiger partial charge in [0.25, 0.3) is 0 Å². The molecule has 30 heavy (non-hydrogen) atoms.